The van der Waals surface area contributed by atoms with Gasteiger partial charge < -0.3 is 29.8 Å². The molecule has 0 spiro atoms. The van der Waals surface area contributed by atoms with Crippen LogP contribution in [-0.4, -0.2) is 60.8 Å². The number of imidazole rings is 1. The summed E-state index contributed by atoms with van der Waals surface area (Å²) in [6.45, 7) is 3.47. The number of carboxylic acids is 1. The summed E-state index contributed by atoms with van der Waals surface area (Å²) < 4.78 is 25.0. The number of ether oxygens (including phenoxy) is 4. The van der Waals surface area contributed by atoms with Crippen molar-refractivity contribution in [1.82, 2.24) is 19.5 Å². The van der Waals surface area contributed by atoms with Crippen molar-refractivity contribution in [2.75, 3.05) is 5.73 Å². The van der Waals surface area contributed by atoms with Crippen molar-refractivity contribution in [3.05, 3.63) is 6.33 Å². The summed E-state index contributed by atoms with van der Waals surface area (Å²) in [5, 5.41) is 9.56. The highest BCUT2D eigenvalue weighted by atomic mass is 16.8. The highest BCUT2D eigenvalue weighted by molar-refractivity contribution is 5.82. The van der Waals surface area contributed by atoms with E-state index >= 15 is 0 Å². The molecule has 1 saturated carbocycles. The van der Waals surface area contributed by atoms with Gasteiger partial charge in [-0.3, -0.25) is 4.57 Å². The molecule has 3 fully saturated rings. The molecule has 3 aliphatic rings. The first-order valence-electron chi connectivity index (χ1n) is 9.73. The van der Waals surface area contributed by atoms with Gasteiger partial charge in [0.2, 0.25) is 0 Å². The van der Waals surface area contributed by atoms with Crippen molar-refractivity contribution in [1.29, 1.82) is 0 Å². The Morgan fingerprint density at radius 3 is 2.72 bits per heavy atom. The molecule has 2 saturated heterocycles. The fraction of sp³-hybridized carbons (Fsp3) is 0.667. The molecule has 0 radical (unpaired) electrons. The van der Waals surface area contributed by atoms with E-state index in [0.29, 0.717) is 11.2 Å². The number of nitrogens with two attached hydrogens (primary N) is 1. The topological polar surface area (TPSA) is 144 Å². The zero-order valence-electron chi connectivity index (χ0n) is 16.1. The van der Waals surface area contributed by atoms with Crippen LogP contribution in [-0.2, 0) is 19.0 Å². The van der Waals surface area contributed by atoms with Crippen LogP contribution in [0.2, 0.25) is 0 Å². The van der Waals surface area contributed by atoms with E-state index in [1.54, 1.807) is 18.4 Å². The van der Waals surface area contributed by atoms with E-state index in [2.05, 4.69) is 15.0 Å². The molecule has 29 heavy (non-hydrogen) atoms. The summed E-state index contributed by atoms with van der Waals surface area (Å²) in [5.74, 6) is -1.85. The van der Waals surface area contributed by atoms with Gasteiger partial charge in [-0.15, -0.1) is 0 Å². The number of nitrogens with zero attached hydrogens (tertiary/aromatic N) is 4. The Balaban J connectivity index is 1.52. The third-order valence-corrected chi connectivity index (χ3v) is 5.55. The van der Waals surface area contributed by atoms with E-state index in [4.69, 9.17) is 24.7 Å². The van der Waals surface area contributed by atoms with Crippen molar-refractivity contribution >= 4 is 23.0 Å². The summed E-state index contributed by atoms with van der Waals surface area (Å²) in [4.78, 5) is 24.7. The average Bonchev–Trinajstić information content (AvgIpc) is 3.38. The molecule has 156 valence electrons. The minimum absolute atomic E-state index is 0.0686. The first kappa shape index (κ1) is 18.5. The summed E-state index contributed by atoms with van der Waals surface area (Å²) in [5.41, 5.74) is 6.86. The number of hydrogen-bond donors (Lipinski definition) is 2. The fourth-order valence-electron chi connectivity index (χ4n) is 4.31. The zero-order chi connectivity index (χ0) is 20.3. The third-order valence-electron chi connectivity index (χ3n) is 5.55. The maximum atomic E-state index is 11.7. The molecule has 4 heterocycles. The van der Waals surface area contributed by atoms with E-state index in [1.807, 2.05) is 0 Å². The maximum Gasteiger partial charge on any atom is 0.335 e. The summed E-state index contributed by atoms with van der Waals surface area (Å²) >= 11 is 0. The third kappa shape index (κ3) is 3.09. The Labute approximate surface area is 166 Å². The lowest BCUT2D eigenvalue weighted by atomic mass is 10.1. The molecule has 0 aromatic carbocycles. The lowest BCUT2D eigenvalue weighted by molar-refractivity contribution is -0.202. The molecule has 0 unspecified atom stereocenters. The van der Waals surface area contributed by atoms with Crippen LogP contribution in [0.1, 0.15) is 45.8 Å². The molecular formula is C18H23N5O6. The van der Waals surface area contributed by atoms with Gasteiger partial charge in [0.15, 0.2) is 35.1 Å². The summed E-state index contributed by atoms with van der Waals surface area (Å²) in [6.07, 6.45) is 2.35. The lowest BCUT2D eigenvalue weighted by Crippen LogP contribution is -2.35. The van der Waals surface area contributed by atoms with Crippen LogP contribution >= 0.6 is 0 Å². The van der Waals surface area contributed by atoms with Gasteiger partial charge in [-0.2, -0.15) is 9.97 Å². The Hall–Kier alpha value is -2.50. The normalized spacial score (nSPS) is 31.4. The van der Waals surface area contributed by atoms with E-state index in [1.165, 1.54) is 6.33 Å². The molecule has 0 amide bonds. The van der Waals surface area contributed by atoms with Gasteiger partial charge in [0.05, 0.1) is 6.33 Å². The number of aromatic nitrogens is 4. The van der Waals surface area contributed by atoms with Crippen LogP contribution in [0.15, 0.2) is 6.33 Å². The van der Waals surface area contributed by atoms with Gasteiger partial charge in [0.25, 0.3) is 0 Å². The van der Waals surface area contributed by atoms with Crippen LogP contribution in [0.5, 0.6) is 6.01 Å². The second kappa shape index (κ2) is 6.51. The lowest BCUT2D eigenvalue weighted by Gasteiger charge is -2.23. The second-order valence-electron chi connectivity index (χ2n) is 8.09. The Bertz CT molecular complexity index is 956. The fourth-order valence-corrected chi connectivity index (χ4v) is 4.31. The molecule has 3 N–H and O–H groups in total. The standard InChI is InChI=1S/C18H23N5O6/c1-18(2)28-10-11(29-18)15(27-12(10)16(24)25)23-7-20-9-13(19)21-17(22-14(9)23)26-8-5-3-4-6-8/h7-8,10-12,15H,3-6H2,1-2H3,(H,24,25)(H2,19,21,22)/t10-,11+,12-,15+/m0/s1. The van der Waals surface area contributed by atoms with Crippen molar-refractivity contribution in [3.63, 3.8) is 0 Å². The first-order valence-corrected chi connectivity index (χ1v) is 9.73. The molecule has 11 nitrogen and oxygen atoms in total. The maximum absolute atomic E-state index is 11.7. The van der Waals surface area contributed by atoms with Crippen LogP contribution in [0.4, 0.5) is 5.82 Å². The van der Waals surface area contributed by atoms with E-state index in [9.17, 15) is 9.90 Å². The van der Waals surface area contributed by atoms with E-state index in [0.717, 1.165) is 25.7 Å². The molecule has 11 heteroatoms. The van der Waals surface area contributed by atoms with E-state index in [-0.39, 0.29) is 17.9 Å². The quantitative estimate of drug-likeness (QED) is 0.762. The van der Waals surface area contributed by atoms with Gasteiger partial charge in [-0.25, -0.2) is 9.78 Å². The second-order valence-corrected chi connectivity index (χ2v) is 8.09. The predicted octanol–water partition coefficient (Wildman–Crippen LogP) is 1.23. The van der Waals surface area contributed by atoms with Crippen LogP contribution in [0.3, 0.4) is 0 Å². The SMILES string of the molecule is CC1(C)O[C@@H]2[C@H](O1)[C@@H](C(=O)O)O[C@H]2n1cnc2c(N)nc(OC3CCCC3)nc21. The smallest absolute Gasteiger partial charge is 0.335 e. The number of hydrogen-bond acceptors (Lipinski definition) is 9. The monoisotopic (exact) mass is 405 g/mol. The number of carbonyl (C=O) groups is 1. The van der Waals surface area contributed by atoms with Crippen molar-refractivity contribution in [2.45, 2.75) is 76.0 Å². The highest BCUT2D eigenvalue weighted by Gasteiger charge is 2.58. The number of carboxylic acid groups (broad SMARTS) is 1. The van der Waals surface area contributed by atoms with Gasteiger partial charge in [0.1, 0.15) is 18.3 Å². The van der Waals surface area contributed by atoms with Gasteiger partial charge >= 0.3 is 12.0 Å². The van der Waals surface area contributed by atoms with Crippen molar-refractivity contribution < 1.29 is 28.8 Å². The highest BCUT2D eigenvalue weighted by Crippen LogP contribution is 2.44. The molecule has 1 aliphatic carbocycles. The van der Waals surface area contributed by atoms with Gasteiger partial charge in [0, 0.05) is 0 Å². The molecule has 2 aliphatic heterocycles. The first-order chi connectivity index (χ1) is 13.8. The molecule has 4 atom stereocenters. The molecule has 2 aromatic rings. The Morgan fingerprint density at radius 1 is 1.28 bits per heavy atom. The molecule has 0 bridgehead atoms. The number of anilines is 1. The minimum atomic E-state index is -1.17. The van der Waals surface area contributed by atoms with Crippen molar-refractivity contribution in [3.8, 4) is 6.01 Å². The van der Waals surface area contributed by atoms with Gasteiger partial charge in [-0.1, -0.05) is 0 Å². The number of rotatable bonds is 4. The largest absolute Gasteiger partial charge is 0.479 e. The van der Waals surface area contributed by atoms with Crippen LogP contribution in [0.25, 0.3) is 11.2 Å². The molecule has 5 rings (SSSR count). The Kier molecular flexibility index (Phi) is 4.16. The molecular weight excluding hydrogens is 382 g/mol. The zero-order valence-corrected chi connectivity index (χ0v) is 16.1. The summed E-state index contributed by atoms with van der Waals surface area (Å²) in [6, 6.07) is 0.178. The Morgan fingerprint density at radius 2 is 2.00 bits per heavy atom. The van der Waals surface area contributed by atoms with Gasteiger partial charge in [-0.05, 0) is 39.5 Å². The number of nitrogen functional groups attached to an aromatic ring is 1. The number of aliphatic carboxylic acids is 1. The average molecular weight is 405 g/mol. The van der Waals surface area contributed by atoms with Crippen LogP contribution in [0, 0.1) is 0 Å². The van der Waals surface area contributed by atoms with Crippen LogP contribution < -0.4 is 10.5 Å². The summed E-state index contributed by atoms with van der Waals surface area (Å²) in [7, 11) is 0. The van der Waals surface area contributed by atoms with E-state index < -0.39 is 36.3 Å². The molecule has 2 aromatic heterocycles. The van der Waals surface area contributed by atoms with Crippen molar-refractivity contribution in [2.24, 2.45) is 0 Å². The number of fused-ring (bicyclic) bond motifs is 2. The predicted molar refractivity (Wildman–Crippen MR) is 98.0 cm³/mol. The minimum Gasteiger partial charge on any atom is -0.479 e.